The molecule has 1 aliphatic rings. The number of sulfone groups is 1. The molecule has 1 fully saturated rings. The second-order valence-electron chi connectivity index (χ2n) is 6.78. The second-order valence-corrected chi connectivity index (χ2v) is 8.77. The van der Waals surface area contributed by atoms with Gasteiger partial charge in [0.05, 0.1) is 4.92 Å². The lowest BCUT2D eigenvalue weighted by molar-refractivity contribution is -0.386. The lowest BCUT2D eigenvalue weighted by atomic mass is 10.0. The molecule has 0 radical (unpaired) electrons. The molecule has 9 heteroatoms. The van der Waals surface area contributed by atoms with Gasteiger partial charge in [-0.15, -0.1) is 0 Å². The van der Waals surface area contributed by atoms with E-state index in [0.29, 0.717) is 0 Å². The number of piperidine rings is 1. The smallest absolute Gasteiger partial charge is 0.310 e. The van der Waals surface area contributed by atoms with E-state index in [9.17, 15) is 18.5 Å². The van der Waals surface area contributed by atoms with E-state index in [1.54, 1.807) is 6.07 Å². The predicted molar refractivity (Wildman–Crippen MR) is 104 cm³/mol. The van der Waals surface area contributed by atoms with Crippen LogP contribution < -0.4 is 10.2 Å². The van der Waals surface area contributed by atoms with Crippen LogP contribution in [0.25, 0.3) is 0 Å². The van der Waals surface area contributed by atoms with Crippen molar-refractivity contribution in [3.8, 4) is 0 Å². The van der Waals surface area contributed by atoms with Crippen LogP contribution in [-0.4, -0.2) is 43.7 Å². The Hall–Kier alpha value is -2.68. The van der Waals surface area contributed by atoms with Crippen LogP contribution in [0.1, 0.15) is 18.4 Å². The fraction of sp³-hybridized carbons (Fsp3) is 0.389. The number of para-hydroxylation sites is 1. The van der Waals surface area contributed by atoms with Crippen molar-refractivity contribution in [2.45, 2.75) is 30.7 Å². The maximum atomic E-state index is 11.9. The second kappa shape index (κ2) is 7.51. The number of hydrogen-bond acceptors (Lipinski definition) is 7. The molecule has 0 bridgehead atoms. The fourth-order valence-corrected chi connectivity index (χ4v) is 4.11. The van der Waals surface area contributed by atoms with Gasteiger partial charge in [0.15, 0.2) is 9.84 Å². The van der Waals surface area contributed by atoms with Crippen LogP contribution in [0, 0.1) is 17.0 Å². The van der Waals surface area contributed by atoms with Crippen molar-refractivity contribution in [1.82, 2.24) is 4.98 Å². The molecule has 0 unspecified atom stereocenters. The normalized spacial score (nSPS) is 15.6. The fourth-order valence-electron chi connectivity index (χ4n) is 3.25. The molecule has 1 aliphatic heterocycles. The number of anilines is 2. The van der Waals surface area contributed by atoms with E-state index >= 15 is 0 Å². The molecule has 0 amide bonds. The summed E-state index contributed by atoms with van der Waals surface area (Å²) in [7, 11) is -3.69. The first kappa shape index (κ1) is 19.1. The SMILES string of the molecule is Cc1ccc(N2CCC(Nc3cccc(S(C)(=O)=O)c3[N+](=O)[O-])CC2)nc1. The predicted octanol–water partition coefficient (Wildman–Crippen LogP) is 2.78. The van der Waals surface area contributed by atoms with Crippen molar-refractivity contribution in [2.24, 2.45) is 0 Å². The van der Waals surface area contributed by atoms with Crippen LogP contribution in [-0.2, 0) is 9.84 Å². The highest BCUT2D eigenvalue weighted by molar-refractivity contribution is 7.90. The summed E-state index contributed by atoms with van der Waals surface area (Å²) in [5, 5.41) is 14.7. The molecule has 144 valence electrons. The maximum absolute atomic E-state index is 11.9. The molecule has 1 aromatic heterocycles. The molecule has 0 atom stereocenters. The van der Waals surface area contributed by atoms with Gasteiger partial charge in [0.2, 0.25) is 0 Å². The molecule has 2 aromatic rings. The van der Waals surface area contributed by atoms with E-state index in [4.69, 9.17) is 0 Å². The minimum absolute atomic E-state index is 0.0280. The number of nitro benzene ring substituents is 1. The summed E-state index contributed by atoms with van der Waals surface area (Å²) < 4.78 is 23.8. The molecule has 0 spiro atoms. The summed E-state index contributed by atoms with van der Waals surface area (Å²) in [6.07, 6.45) is 4.36. The number of aromatic nitrogens is 1. The molecule has 1 saturated heterocycles. The summed E-state index contributed by atoms with van der Waals surface area (Å²) in [6.45, 7) is 3.53. The van der Waals surface area contributed by atoms with Crippen molar-refractivity contribution >= 4 is 27.0 Å². The lowest BCUT2D eigenvalue weighted by Crippen LogP contribution is -2.39. The van der Waals surface area contributed by atoms with Crippen molar-refractivity contribution in [3.05, 3.63) is 52.2 Å². The van der Waals surface area contributed by atoms with E-state index in [1.165, 1.54) is 12.1 Å². The van der Waals surface area contributed by atoms with E-state index in [2.05, 4.69) is 15.2 Å². The van der Waals surface area contributed by atoms with Crippen LogP contribution in [0.15, 0.2) is 41.4 Å². The molecular formula is C18H22N4O4S. The Labute approximate surface area is 158 Å². The van der Waals surface area contributed by atoms with Gasteiger partial charge in [0, 0.05) is 31.6 Å². The van der Waals surface area contributed by atoms with Gasteiger partial charge in [-0.05, 0) is 43.5 Å². The first-order chi connectivity index (χ1) is 12.8. The average molecular weight is 390 g/mol. The van der Waals surface area contributed by atoms with Crippen LogP contribution in [0.4, 0.5) is 17.2 Å². The van der Waals surface area contributed by atoms with Crippen LogP contribution in [0.5, 0.6) is 0 Å². The standard InChI is InChI=1S/C18H22N4O4S/c1-13-6-7-17(19-12-13)21-10-8-14(9-11-21)20-15-4-3-5-16(27(2,25)26)18(15)22(23)24/h3-7,12,14,20H,8-11H2,1-2H3. The zero-order valence-corrected chi connectivity index (χ0v) is 16.1. The summed E-state index contributed by atoms with van der Waals surface area (Å²) in [6, 6.07) is 8.39. The Morgan fingerprint density at radius 3 is 2.48 bits per heavy atom. The highest BCUT2D eigenvalue weighted by Gasteiger charge is 2.28. The number of nitrogens with zero attached hydrogens (tertiary/aromatic N) is 3. The van der Waals surface area contributed by atoms with Crippen molar-refractivity contribution in [2.75, 3.05) is 29.6 Å². The van der Waals surface area contributed by atoms with Gasteiger partial charge < -0.3 is 10.2 Å². The molecule has 27 heavy (non-hydrogen) atoms. The monoisotopic (exact) mass is 390 g/mol. The number of pyridine rings is 1. The zero-order valence-electron chi connectivity index (χ0n) is 15.3. The number of aryl methyl sites for hydroxylation is 1. The van der Waals surface area contributed by atoms with Gasteiger partial charge in [0.1, 0.15) is 16.4 Å². The number of nitrogens with one attached hydrogen (secondary N) is 1. The molecule has 1 aromatic carbocycles. The van der Waals surface area contributed by atoms with Gasteiger partial charge in [-0.3, -0.25) is 10.1 Å². The van der Waals surface area contributed by atoms with E-state index in [-0.39, 0.29) is 22.3 Å². The number of nitro groups is 1. The summed E-state index contributed by atoms with van der Waals surface area (Å²) in [5.41, 5.74) is 0.964. The minimum Gasteiger partial charge on any atom is -0.377 e. The van der Waals surface area contributed by atoms with Crippen molar-refractivity contribution in [1.29, 1.82) is 0 Å². The Kier molecular flexibility index (Phi) is 5.31. The summed E-state index contributed by atoms with van der Waals surface area (Å²) in [4.78, 5) is 17.2. The van der Waals surface area contributed by atoms with Gasteiger partial charge in [-0.2, -0.15) is 0 Å². The van der Waals surface area contributed by atoms with E-state index in [1.807, 2.05) is 25.3 Å². The number of hydrogen-bond donors (Lipinski definition) is 1. The molecule has 0 saturated carbocycles. The highest BCUT2D eigenvalue weighted by atomic mass is 32.2. The molecule has 0 aliphatic carbocycles. The van der Waals surface area contributed by atoms with E-state index < -0.39 is 14.8 Å². The first-order valence-electron chi connectivity index (χ1n) is 8.67. The Bertz CT molecular complexity index is 936. The zero-order chi connectivity index (χ0) is 19.6. The summed E-state index contributed by atoms with van der Waals surface area (Å²) in [5.74, 6) is 0.920. The molecular weight excluding hydrogens is 368 g/mol. The van der Waals surface area contributed by atoms with Crippen LogP contribution in [0.3, 0.4) is 0 Å². The Morgan fingerprint density at radius 2 is 1.93 bits per heavy atom. The third-order valence-corrected chi connectivity index (χ3v) is 5.78. The van der Waals surface area contributed by atoms with Gasteiger partial charge in [-0.25, -0.2) is 13.4 Å². The quantitative estimate of drug-likeness (QED) is 0.618. The molecule has 2 heterocycles. The molecule has 3 rings (SSSR count). The third-order valence-electron chi connectivity index (χ3n) is 4.66. The maximum Gasteiger partial charge on any atom is 0.310 e. The van der Waals surface area contributed by atoms with Crippen molar-refractivity contribution < 1.29 is 13.3 Å². The number of rotatable bonds is 5. The average Bonchev–Trinajstić information content (AvgIpc) is 2.62. The van der Waals surface area contributed by atoms with Crippen molar-refractivity contribution in [3.63, 3.8) is 0 Å². The minimum atomic E-state index is -3.69. The van der Waals surface area contributed by atoms with Gasteiger partial charge >= 0.3 is 5.69 Å². The Balaban J connectivity index is 1.74. The molecule has 1 N–H and O–H groups in total. The van der Waals surface area contributed by atoms with Gasteiger partial charge in [0.25, 0.3) is 0 Å². The Morgan fingerprint density at radius 1 is 1.22 bits per heavy atom. The number of benzene rings is 1. The highest BCUT2D eigenvalue weighted by Crippen LogP contribution is 2.33. The summed E-state index contributed by atoms with van der Waals surface area (Å²) >= 11 is 0. The van der Waals surface area contributed by atoms with Crippen LogP contribution >= 0.6 is 0 Å². The third kappa shape index (κ3) is 4.36. The van der Waals surface area contributed by atoms with Gasteiger partial charge in [-0.1, -0.05) is 12.1 Å². The first-order valence-corrected chi connectivity index (χ1v) is 10.6. The lowest BCUT2D eigenvalue weighted by Gasteiger charge is -2.33. The van der Waals surface area contributed by atoms with E-state index in [0.717, 1.165) is 43.6 Å². The van der Waals surface area contributed by atoms with Crippen LogP contribution in [0.2, 0.25) is 0 Å². The topological polar surface area (TPSA) is 105 Å². The largest absolute Gasteiger partial charge is 0.377 e. The molecule has 8 nitrogen and oxygen atoms in total.